The van der Waals surface area contributed by atoms with E-state index in [9.17, 15) is 9.50 Å². The molecule has 1 N–H and O–H groups in total. The van der Waals surface area contributed by atoms with Crippen LogP contribution in [-0.2, 0) is 6.42 Å². The van der Waals surface area contributed by atoms with Crippen molar-refractivity contribution < 1.29 is 9.50 Å². The van der Waals surface area contributed by atoms with Crippen LogP contribution < -0.4 is 0 Å². The molecule has 72 valence electrons. The number of phenols is 1. The Morgan fingerprint density at radius 3 is 2.31 bits per heavy atom. The maximum absolute atomic E-state index is 13.3. The molecule has 1 nitrogen and oxygen atoms in total. The van der Waals surface area contributed by atoms with Crippen molar-refractivity contribution in [2.45, 2.75) is 20.3 Å². The van der Waals surface area contributed by atoms with Gasteiger partial charge in [0.05, 0.1) is 10.0 Å². The number of hydrogen-bond acceptors (Lipinski definition) is 1. The Morgan fingerprint density at radius 2 is 1.85 bits per heavy atom. The van der Waals surface area contributed by atoms with Crippen molar-refractivity contribution in [3.8, 4) is 5.75 Å². The molecular weight excluding hydrogens is 214 g/mol. The lowest BCUT2D eigenvalue weighted by Gasteiger charge is -2.10. The first-order valence-corrected chi connectivity index (χ1v) is 4.61. The molecule has 0 aliphatic rings. The fourth-order valence-electron chi connectivity index (χ4n) is 1.12. The minimum atomic E-state index is -0.672. The summed E-state index contributed by atoms with van der Waals surface area (Å²) in [4.78, 5) is 0. The minimum Gasteiger partial charge on any atom is -0.505 e. The average molecular weight is 223 g/mol. The van der Waals surface area contributed by atoms with E-state index in [-0.39, 0.29) is 21.2 Å². The monoisotopic (exact) mass is 222 g/mol. The van der Waals surface area contributed by atoms with Gasteiger partial charge in [-0.25, -0.2) is 4.39 Å². The first-order chi connectivity index (χ1) is 6.00. The zero-order valence-corrected chi connectivity index (χ0v) is 8.80. The van der Waals surface area contributed by atoms with Gasteiger partial charge in [0, 0.05) is 11.1 Å². The molecule has 0 amide bonds. The molecule has 0 unspecified atom stereocenters. The number of benzene rings is 1. The molecule has 0 aromatic heterocycles. The lowest BCUT2D eigenvalue weighted by molar-refractivity contribution is 0.425. The number of phenolic OH excluding ortho intramolecular Hbond substituents is 1. The third kappa shape index (κ3) is 1.61. The smallest absolute Gasteiger partial charge is 0.169 e. The molecule has 1 rings (SSSR count). The molecule has 0 heterocycles. The van der Waals surface area contributed by atoms with Crippen LogP contribution in [0.2, 0.25) is 10.0 Å². The zero-order chi connectivity index (χ0) is 10.2. The quantitative estimate of drug-likeness (QED) is 0.719. The van der Waals surface area contributed by atoms with Crippen LogP contribution >= 0.6 is 23.2 Å². The minimum absolute atomic E-state index is 0.192. The van der Waals surface area contributed by atoms with E-state index in [1.807, 2.05) is 0 Å². The molecule has 0 saturated carbocycles. The van der Waals surface area contributed by atoms with Crippen molar-refractivity contribution in [3.63, 3.8) is 0 Å². The number of rotatable bonds is 1. The predicted molar refractivity (Wildman–Crippen MR) is 52.2 cm³/mol. The molecule has 1 aromatic carbocycles. The molecule has 0 aliphatic carbocycles. The summed E-state index contributed by atoms with van der Waals surface area (Å²) in [5, 5.41) is 9.72. The van der Waals surface area contributed by atoms with Gasteiger partial charge in [0.1, 0.15) is 0 Å². The summed E-state index contributed by atoms with van der Waals surface area (Å²) in [5.41, 5.74) is 0.538. The third-order valence-corrected chi connectivity index (χ3v) is 2.95. The van der Waals surface area contributed by atoms with Gasteiger partial charge in [0.25, 0.3) is 0 Å². The van der Waals surface area contributed by atoms with Crippen LogP contribution in [0, 0.1) is 12.7 Å². The van der Waals surface area contributed by atoms with Crippen LogP contribution in [0.3, 0.4) is 0 Å². The van der Waals surface area contributed by atoms with Gasteiger partial charge in [-0.2, -0.15) is 0 Å². The largest absolute Gasteiger partial charge is 0.505 e. The fourth-order valence-corrected chi connectivity index (χ4v) is 1.68. The molecule has 13 heavy (non-hydrogen) atoms. The summed E-state index contributed by atoms with van der Waals surface area (Å²) >= 11 is 11.6. The van der Waals surface area contributed by atoms with E-state index < -0.39 is 11.6 Å². The maximum Gasteiger partial charge on any atom is 0.169 e. The van der Waals surface area contributed by atoms with Gasteiger partial charge in [-0.1, -0.05) is 30.1 Å². The van der Waals surface area contributed by atoms with Crippen LogP contribution in [0.1, 0.15) is 18.1 Å². The van der Waals surface area contributed by atoms with Crippen molar-refractivity contribution in [3.05, 3.63) is 27.0 Å². The van der Waals surface area contributed by atoms with Crippen molar-refractivity contribution in [2.75, 3.05) is 0 Å². The van der Waals surface area contributed by atoms with Crippen LogP contribution in [0.25, 0.3) is 0 Å². The molecule has 0 atom stereocenters. The van der Waals surface area contributed by atoms with Crippen LogP contribution in [0.4, 0.5) is 4.39 Å². The topological polar surface area (TPSA) is 20.2 Å². The van der Waals surface area contributed by atoms with E-state index >= 15 is 0 Å². The number of halogens is 3. The van der Waals surface area contributed by atoms with E-state index in [1.54, 1.807) is 6.92 Å². The summed E-state index contributed by atoms with van der Waals surface area (Å²) in [6.45, 7) is 3.27. The van der Waals surface area contributed by atoms with Crippen molar-refractivity contribution >= 4 is 23.2 Å². The second kappa shape index (κ2) is 3.72. The standard InChI is InChI=1S/C9H9Cl2FO/c1-3-5-7(11)6(10)4(2)9(13)8(5)12/h13H,3H2,1-2H3. The molecule has 0 fully saturated rings. The first-order valence-electron chi connectivity index (χ1n) is 3.85. The highest BCUT2D eigenvalue weighted by Crippen LogP contribution is 2.37. The zero-order valence-electron chi connectivity index (χ0n) is 7.29. The Morgan fingerprint density at radius 1 is 1.31 bits per heavy atom. The summed E-state index contributed by atoms with van der Waals surface area (Å²) in [7, 11) is 0. The Hall–Kier alpha value is -0.470. The van der Waals surface area contributed by atoms with Gasteiger partial charge in [0.15, 0.2) is 11.6 Å². The predicted octanol–water partition coefficient (Wildman–Crippen LogP) is 3.71. The molecule has 4 heteroatoms. The van der Waals surface area contributed by atoms with E-state index in [4.69, 9.17) is 23.2 Å². The van der Waals surface area contributed by atoms with Gasteiger partial charge in [0.2, 0.25) is 0 Å². The SMILES string of the molecule is CCc1c(F)c(O)c(C)c(Cl)c1Cl. The first kappa shape index (κ1) is 10.6. The lowest BCUT2D eigenvalue weighted by atomic mass is 10.1. The van der Waals surface area contributed by atoms with Crippen molar-refractivity contribution in [1.82, 2.24) is 0 Å². The highest BCUT2D eigenvalue weighted by atomic mass is 35.5. The lowest BCUT2D eigenvalue weighted by Crippen LogP contribution is -1.94. The van der Waals surface area contributed by atoms with Crippen LogP contribution in [0.5, 0.6) is 5.75 Å². The Bertz CT molecular complexity index is 321. The van der Waals surface area contributed by atoms with E-state index in [1.165, 1.54) is 6.92 Å². The van der Waals surface area contributed by atoms with E-state index in [0.29, 0.717) is 6.42 Å². The molecule has 0 bridgehead atoms. The maximum atomic E-state index is 13.3. The molecule has 0 radical (unpaired) electrons. The summed E-state index contributed by atoms with van der Waals surface area (Å²) in [6, 6.07) is 0. The van der Waals surface area contributed by atoms with Crippen LogP contribution in [0.15, 0.2) is 0 Å². The molecule has 0 saturated heterocycles. The molecule has 0 spiro atoms. The Kier molecular flexibility index (Phi) is 3.04. The van der Waals surface area contributed by atoms with Gasteiger partial charge < -0.3 is 5.11 Å². The van der Waals surface area contributed by atoms with Gasteiger partial charge >= 0.3 is 0 Å². The summed E-state index contributed by atoms with van der Waals surface area (Å²) in [5.74, 6) is -1.08. The normalized spacial score (nSPS) is 10.5. The van der Waals surface area contributed by atoms with Gasteiger partial charge in [-0.3, -0.25) is 0 Å². The Labute approximate surface area is 86.1 Å². The van der Waals surface area contributed by atoms with Crippen LogP contribution in [-0.4, -0.2) is 5.11 Å². The molecule has 0 aliphatic heterocycles. The van der Waals surface area contributed by atoms with Gasteiger partial charge in [-0.05, 0) is 13.3 Å². The fraction of sp³-hybridized carbons (Fsp3) is 0.333. The van der Waals surface area contributed by atoms with Crippen molar-refractivity contribution in [1.29, 1.82) is 0 Å². The highest BCUT2D eigenvalue weighted by molar-refractivity contribution is 6.43. The summed E-state index contributed by atoms with van der Waals surface area (Å²) < 4.78 is 13.3. The summed E-state index contributed by atoms with van der Waals surface area (Å²) in [6.07, 6.45) is 0.401. The highest BCUT2D eigenvalue weighted by Gasteiger charge is 2.18. The van der Waals surface area contributed by atoms with E-state index in [0.717, 1.165) is 0 Å². The van der Waals surface area contributed by atoms with E-state index in [2.05, 4.69) is 0 Å². The third-order valence-electron chi connectivity index (χ3n) is 1.97. The van der Waals surface area contributed by atoms with Crippen molar-refractivity contribution in [2.24, 2.45) is 0 Å². The average Bonchev–Trinajstić information content (AvgIpc) is 2.13. The molecular formula is C9H9Cl2FO. The second-order valence-electron chi connectivity index (χ2n) is 2.75. The Balaban J connectivity index is 3.56. The molecule has 1 aromatic rings. The number of hydrogen-bond donors (Lipinski definition) is 1. The van der Waals surface area contributed by atoms with Gasteiger partial charge in [-0.15, -0.1) is 0 Å². The second-order valence-corrected chi connectivity index (χ2v) is 3.50. The number of aromatic hydroxyl groups is 1.